The molecule has 8 heteroatoms. The number of esters is 1. The third kappa shape index (κ3) is 5.89. The molecular weight excluding hydrogens is 286 g/mol. The molecule has 0 spiro atoms. The van der Waals surface area contributed by atoms with Crippen LogP contribution in [0.1, 0.15) is 6.42 Å². The van der Waals surface area contributed by atoms with Gasteiger partial charge in [0.05, 0.1) is 20.3 Å². The van der Waals surface area contributed by atoms with E-state index in [0.29, 0.717) is 19.0 Å². The molecule has 0 aliphatic carbocycles. The van der Waals surface area contributed by atoms with E-state index in [0.717, 1.165) is 19.6 Å². The lowest BCUT2D eigenvalue weighted by Crippen LogP contribution is -2.38. The molecular formula is C12H19NO6S. The summed E-state index contributed by atoms with van der Waals surface area (Å²) in [7, 11) is 1.23. The lowest BCUT2D eigenvalue weighted by Gasteiger charge is -2.26. The highest BCUT2D eigenvalue weighted by Gasteiger charge is 2.26. The predicted molar refractivity (Wildman–Crippen MR) is 72.8 cm³/mol. The summed E-state index contributed by atoms with van der Waals surface area (Å²) in [5, 5.41) is 7.82. The van der Waals surface area contributed by atoms with Crippen LogP contribution < -0.4 is 0 Å². The van der Waals surface area contributed by atoms with Crippen LogP contribution in [0.4, 0.5) is 0 Å². The lowest BCUT2D eigenvalue weighted by molar-refractivity contribution is -0.150. The Bertz CT molecular complexity index is 356. The first kappa shape index (κ1) is 16.9. The molecule has 1 aliphatic heterocycles. The highest BCUT2D eigenvalue weighted by atomic mass is 32.2. The van der Waals surface area contributed by atoms with Crippen molar-refractivity contribution in [2.45, 2.75) is 11.7 Å². The Morgan fingerprint density at radius 1 is 1.35 bits per heavy atom. The van der Waals surface area contributed by atoms with Crippen LogP contribution >= 0.6 is 11.8 Å². The molecule has 0 aromatic carbocycles. The van der Waals surface area contributed by atoms with Crippen LogP contribution in [0.2, 0.25) is 0 Å². The predicted octanol–water partition coefficient (Wildman–Crippen LogP) is -0.363. The second kappa shape index (κ2) is 8.93. The number of ketones is 1. The van der Waals surface area contributed by atoms with E-state index in [1.54, 1.807) is 0 Å². The maximum atomic E-state index is 11.5. The Morgan fingerprint density at radius 3 is 2.55 bits per heavy atom. The van der Waals surface area contributed by atoms with Crippen LogP contribution in [0.5, 0.6) is 0 Å². The smallest absolute Gasteiger partial charge is 0.372 e. The number of hydrogen-bond acceptors (Lipinski definition) is 7. The van der Waals surface area contributed by atoms with E-state index in [-0.39, 0.29) is 6.42 Å². The lowest BCUT2D eigenvalue weighted by atomic mass is 10.2. The number of carboxylic acids is 1. The Hall–Kier alpha value is -1.12. The number of hydrogen-bond donors (Lipinski definition) is 1. The van der Waals surface area contributed by atoms with Gasteiger partial charge in [-0.3, -0.25) is 14.5 Å². The van der Waals surface area contributed by atoms with Crippen molar-refractivity contribution >= 4 is 29.5 Å². The zero-order chi connectivity index (χ0) is 15.0. The fourth-order valence-corrected chi connectivity index (χ4v) is 2.90. The summed E-state index contributed by atoms with van der Waals surface area (Å²) in [6.07, 6.45) is -0.338. The molecule has 20 heavy (non-hydrogen) atoms. The summed E-state index contributed by atoms with van der Waals surface area (Å²) < 4.78 is 9.83. The third-order valence-electron chi connectivity index (χ3n) is 2.90. The van der Waals surface area contributed by atoms with Gasteiger partial charge in [0.25, 0.3) is 0 Å². The molecule has 0 aromatic rings. The Labute approximate surface area is 121 Å². The van der Waals surface area contributed by atoms with Gasteiger partial charge in [0.15, 0.2) is 0 Å². The molecule has 0 amide bonds. The van der Waals surface area contributed by atoms with Crippen LogP contribution in [-0.4, -0.2) is 78.7 Å². The molecule has 1 saturated heterocycles. The minimum atomic E-state index is -1.52. The van der Waals surface area contributed by atoms with E-state index in [1.165, 1.54) is 18.9 Å². The van der Waals surface area contributed by atoms with Crippen molar-refractivity contribution in [1.29, 1.82) is 0 Å². The fourth-order valence-electron chi connectivity index (χ4n) is 1.75. The zero-order valence-corrected chi connectivity index (χ0v) is 12.2. The van der Waals surface area contributed by atoms with Crippen LogP contribution in [0.3, 0.4) is 0 Å². The van der Waals surface area contributed by atoms with E-state index < -0.39 is 23.0 Å². The second-order valence-electron chi connectivity index (χ2n) is 4.27. The summed E-state index contributed by atoms with van der Waals surface area (Å²) >= 11 is 1.25. The van der Waals surface area contributed by atoms with E-state index in [9.17, 15) is 14.4 Å². The number of carbonyl (C=O) groups is 3. The van der Waals surface area contributed by atoms with Crippen molar-refractivity contribution in [3.63, 3.8) is 0 Å². The standard InChI is InChI=1S/C12H19NO6S/c1-18-12(17)10(8-9(14)11(15)16)20-7-4-13-2-5-19-6-3-13/h10H,2-8H2,1H3,(H,15,16). The van der Waals surface area contributed by atoms with Gasteiger partial charge >= 0.3 is 11.9 Å². The minimum Gasteiger partial charge on any atom is -0.476 e. The van der Waals surface area contributed by atoms with Gasteiger partial charge < -0.3 is 14.6 Å². The number of carboxylic acid groups (broad SMARTS) is 1. The van der Waals surface area contributed by atoms with Crippen molar-refractivity contribution in [3.05, 3.63) is 0 Å². The molecule has 7 nitrogen and oxygen atoms in total. The number of carbonyl (C=O) groups excluding carboxylic acids is 2. The first-order valence-electron chi connectivity index (χ1n) is 6.30. The highest BCUT2D eigenvalue weighted by molar-refractivity contribution is 8.00. The molecule has 0 radical (unpaired) electrons. The summed E-state index contributed by atoms with van der Waals surface area (Å²) in [6.45, 7) is 3.85. The van der Waals surface area contributed by atoms with Gasteiger partial charge in [-0.05, 0) is 0 Å². The number of aliphatic carboxylic acids is 1. The number of thioether (sulfide) groups is 1. The Kier molecular flexibility index (Phi) is 7.56. The number of rotatable bonds is 8. The monoisotopic (exact) mass is 305 g/mol. The average molecular weight is 305 g/mol. The molecule has 0 bridgehead atoms. The highest BCUT2D eigenvalue weighted by Crippen LogP contribution is 2.17. The number of morpholine rings is 1. The van der Waals surface area contributed by atoms with Gasteiger partial charge in [0.2, 0.25) is 5.78 Å². The molecule has 1 rings (SSSR count). The van der Waals surface area contributed by atoms with Gasteiger partial charge in [-0.2, -0.15) is 0 Å². The second-order valence-corrected chi connectivity index (χ2v) is 5.58. The van der Waals surface area contributed by atoms with Gasteiger partial charge in [-0.1, -0.05) is 0 Å². The quantitative estimate of drug-likeness (QED) is 0.480. The van der Waals surface area contributed by atoms with Gasteiger partial charge in [0.1, 0.15) is 5.25 Å². The van der Waals surface area contributed by atoms with E-state index in [2.05, 4.69) is 9.64 Å². The van der Waals surface area contributed by atoms with Crippen molar-refractivity contribution in [3.8, 4) is 0 Å². The SMILES string of the molecule is COC(=O)C(CC(=O)C(=O)O)SCCN1CCOCC1. The molecule has 1 atom stereocenters. The van der Waals surface area contributed by atoms with Crippen LogP contribution in [0.25, 0.3) is 0 Å². The number of ether oxygens (including phenoxy) is 2. The molecule has 1 fully saturated rings. The maximum Gasteiger partial charge on any atom is 0.372 e. The molecule has 1 unspecified atom stereocenters. The van der Waals surface area contributed by atoms with Gasteiger partial charge in [0, 0.05) is 31.8 Å². The topological polar surface area (TPSA) is 93.1 Å². The molecule has 0 aromatic heterocycles. The maximum absolute atomic E-state index is 11.5. The fraction of sp³-hybridized carbons (Fsp3) is 0.750. The summed E-state index contributed by atoms with van der Waals surface area (Å²) in [4.78, 5) is 35.5. The van der Waals surface area contributed by atoms with Crippen molar-refractivity contribution < 1.29 is 29.0 Å². The zero-order valence-electron chi connectivity index (χ0n) is 11.4. The molecule has 1 heterocycles. The van der Waals surface area contributed by atoms with Gasteiger partial charge in [-0.15, -0.1) is 11.8 Å². The van der Waals surface area contributed by atoms with Crippen LogP contribution in [0.15, 0.2) is 0 Å². The molecule has 0 saturated carbocycles. The molecule has 1 aliphatic rings. The van der Waals surface area contributed by atoms with E-state index in [1.807, 2.05) is 0 Å². The number of methoxy groups -OCH3 is 1. The largest absolute Gasteiger partial charge is 0.476 e. The van der Waals surface area contributed by atoms with E-state index >= 15 is 0 Å². The minimum absolute atomic E-state index is 0.338. The summed E-state index contributed by atoms with van der Waals surface area (Å²) in [5.74, 6) is -2.43. The summed E-state index contributed by atoms with van der Waals surface area (Å²) in [6, 6.07) is 0. The molecule has 1 N–H and O–H groups in total. The van der Waals surface area contributed by atoms with Crippen LogP contribution in [0, 0.1) is 0 Å². The van der Waals surface area contributed by atoms with Crippen molar-refractivity contribution in [1.82, 2.24) is 4.90 Å². The first-order chi connectivity index (χ1) is 9.54. The average Bonchev–Trinajstić information content (AvgIpc) is 2.46. The van der Waals surface area contributed by atoms with Crippen molar-refractivity contribution in [2.24, 2.45) is 0 Å². The van der Waals surface area contributed by atoms with E-state index in [4.69, 9.17) is 9.84 Å². The normalized spacial score (nSPS) is 17.4. The van der Waals surface area contributed by atoms with Crippen LogP contribution in [-0.2, 0) is 23.9 Å². The first-order valence-corrected chi connectivity index (χ1v) is 7.35. The molecule has 114 valence electrons. The summed E-state index contributed by atoms with van der Waals surface area (Å²) in [5.41, 5.74) is 0. The number of Topliss-reactive ketones (excluding diaryl/α,β-unsaturated/α-hetero) is 1. The van der Waals surface area contributed by atoms with Crippen molar-refractivity contribution in [2.75, 3.05) is 45.7 Å². The third-order valence-corrected chi connectivity index (χ3v) is 4.08. The Morgan fingerprint density at radius 2 is 2.00 bits per heavy atom. The van der Waals surface area contributed by atoms with Gasteiger partial charge in [-0.25, -0.2) is 4.79 Å². The number of nitrogens with zero attached hydrogens (tertiary/aromatic N) is 1. The Balaban J connectivity index is 2.37.